The summed E-state index contributed by atoms with van der Waals surface area (Å²) in [7, 11) is 1.14. The van der Waals surface area contributed by atoms with Gasteiger partial charge in [0.25, 0.3) is 0 Å². The van der Waals surface area contributed by atoms with E-state index in [-0.39, 0.29) is 0 Å². The van der Waals surface area contributed by atoms with Crippen LogP contribution < -0.4 is 10.8 Å². The average molecular weight is 132 g/mol. The second-order valence-corrected chi connectivity index (χ2v) is 2.78. The molecule has 10 heavy (non-hydrogen) atoms. The molecule has 0 fully saturated rings. The van der Waals surface area contributed by atoms with Crippen molar-refractivity contribution in [3.05, 3.63) is 18.5 Å². The van der Waals surface area contributed by atoms with Crippen LogP contribution in [0.1, 0.15) is 6.92 Å². The van der Waals surface area contributed by atoms with Crippen LogP contribution in [-0.2, 0) is 0 Å². The van der Waals surface area contributed by atoms with Crippen molar-refractivity contribution in [2.45, 2.75) is 12.9 Å². The van der Waals surface area contributed by atoms with E-state index in [0.717, 1.165) is 7.28 Å². The summed E-state index contributed by atoms with van der Waals surface area (Å²) in [5, 5.41) is 3.33. The van der Waals surface area contributed by atoms with E-state index in [0.29, 0.717) is 5.94 Å². The van der Waals surface area contributed by atoms with Crippen LogP contribution in [0.5, 0.6) is 0 Å². The third kappa shape index (κ3) is 0.782. The Morgan fingerprint density at radius 2 is 2.60 bits per heavy atom. The number of nitrogens with zero attached hydrogens (tertiary/aromatic N) is 1. The molecule has 1 aromatic heterocycles. The Labute approximate surface area is 60.9 Å². The summed E-state index contributed by atoms with van der Waals surface area (Å²) >= 11 is 0. The molecular weight excluding hydrogens is 123 g/mol. The first-order chi connectivity index (χ1) is 4.86. The largest absolute Gasteiger partial charge is 0.389 e. The lowest BCUT2D eigenvalue weighted by Crippen LogP contribution is -2.19. The summed E-state index contributed by atoms with van der Waals surface area (Å²) in [5.74, 6) is 0.583. The summed E-state index contributed by atoms with van der Waals surface area (Å²) < 4.78 is 0. The number of hydrogen-bond acceptors (Lipinski definition) is 2. The quantitative estimate of drug-likeness (QED) is 0.499. The predicted octanol–water partition coefficient (Wildman–Crippen LogP) is -0.0851. The van der Waals surface area contributed by atoms with E-state index in [1.165, 1.54) is 11.2 Å². The van der Waals surface area contributed by atoms with Gasteiger partial charge in [-0.15, -0.1) is 0 Å². The zero-order valence-electron chi connectivity index (χ0n) is 5.96. The van der Waals surface area contributed by atoms with Gasteiger partial charge in [0.05, 0.1) is 0 Å². The van der Waals surface area contributed by atoms with Crippen LogP contribution in [-0.4, -0.2) is 18.2 Å². The molecule has 1 aliphatic heterocycles. The number of anilines is 1. The Kier molecular flexibility index (Phi) is 1.16. The van der Waals surface area contributed by atoms with Gasteiger partial charge in [-0.3, -0.25) is 4.98 Å². The van der Waals surface area contributed by atoms with E-state index >= 15 is 0 Å². The number of pyridine rings is 1. The first-order valence-electron chi connectivity index (χ1n) is 3.55. The third-order valence-corrected chi connectivity index (χ3v) is 1.84. The molecule has 0 saturated heterocycles. The highest BCUT2D eigenvalue weighted by molar-refractivity contribution is 6.59. The minimum absolute atomic E-state index is 0.583. The van der Waals surface area contributed by atoms with Crippen LogP contribution in [0.25, 0.3) is 0 Å². The summed E-state index contributed by atoms with van der Waals surface area (Å²) in [6, 6.07) is 2.08. The molecule has 0 radical (unpaired) electrons. The minimum atomic E-state index is 0.583. The lowest BCUT2D eigenvalue weighted by atomic mass is 9.67. The number of aromatic nitrogens is 1. The first kappa shape index (κ1) is 5.77. The summed E-state index contributed by atoms with van der Waals surface area (Å²) in [5.41, 5.74) is 2.59. The molecule has 0 aliphatic carbocycles. The van der Waals surface area contributed by atoms with Crippen molar-refractivity contribution in [1.82, 2.24) is 4.98 Å². The van der Waals surface area contributed by atoms with Gasteiger partial charge < -0.3 is 5.32 Å². The topological polar surface area (TPSA) is 24.9 Å². The van der Waals surface area contributed by atoms with Gasteiger partial charge in [0.1, 0.15) is 0 Å². The molecule has 50 valence electrons. The van der Waals surface area contributed by atoms with Gasteiger partial charge in [0.2, 0.25) is 0 Å². The monoisotopic (exact) mass is 132 g/mol. The fourth-order valence-electron chi connectivity index (χ4n) is 1.38. The maximum absolute atomic E-state index is 4.03. The van der Waals surface area contributed by atoms with Crippen LogP contribution >= 0.6 is 0 Å². The Balaban J connectivity index is 2.42. The zero-order valence-corrected chi connectivity index (χ0v) is 5.96. The number of fused-ring (bicyclic) bond motifs is 1. The molecule has 1 N–H and O–H groups in total. The van der Waals surface area contributed by atoms with Crippen molar-refractivity contribution < 1.29 is 0 Å². The average Bonchev–Trinajstić information content (AvgIpc) is 2.27. The molecule has 0 amide bonds. The Morgan fingerprint density at radius 3 is 3.40 bits per heavy atom. The van der Waals surface area contributed by atoms with Crippen LogP contribution in [0.4, 0.5) is 5.69 Å². The maximum atomic E-state index is 4.03. The molecule has 1 aliphatic rings. The fourth-order valence-corrected chi connectivity index (χ4v) is 1.38. The van der Waals surface area contributed by atoms with Crippen molar-refractivity contribution in [1.29, 1.82) is 0 Å². The lowest BCUT2D eigenvalue weighted by Gasteiger charge is -2.00. The van der Waals surface area contributed by atoms with Crippen LogP contribution in [0.3, 0.4) is 0 Å². The fraction of sp³-hybridized carbons (Fsp3) is 0.286. The van der Waals surface area contributed by atoms with Gasteiger partial charge in [-0.1, -0.05) is 12.4 Å². The van der Waals surface area contributed by atoms with E-state index in [1.807, 2.05) is 12.4 Å². The van der Waals surface area contributed by atoms with Crippen LogP contribution in [0.15, 0.2) is 18.5 Å². The second kappa shape index (κ2) is 2.01. The van der Waals surface area contributed by atoms with Crippen molar-refractivity contribution in [2.75, 3.05) is 5.32 Å². The molecule has 1 unspecified atom stereocenters. The predicted molar refractivity (Wildman–Crippen MR) is 44.1 cm³/mol. The highest BCUT2D eigenvalue weighted by Gasteiger charge is 2.16. The minimum Gasteiger partial charge on any atom is -0.389 e. The number of rotatable bonds is 0. The first-order valence-corrected chi connectivity index (χ1v) is 3.55. The normalized spacial score (nSPS) is 21.1. The van der Waals surface area contributed by atoms with Gasteiger partial charge in [-0.05, 0) is 6.07 Å². The van der Waals surface area contributed by atoms with Gasteiger partial charge in [-0.2, -0.15) is 0 Å². The molecule has 2 heterocycles. The summed E-state index contributed by atoms with van der Waals surface area (Å²) in [6.07, 6.45) is 3.73. The molecule has 1 aromatic rings. The van der Waals surface area contributed by atoms with E-state index in [9.17, 15) is 0 Å². The lowest BCUT2D eigenvalue weighted by molar-refractivity contribution is 1.12. The van der Waals surface area contributed by atoms with Crippen LogP contribution in [0.2, 0.25) is 0 Å². The SMILES string of the molecule is CC1Bc2ccncc2N1. The van der Waals surface area contributed by atoms with Crippen molar-refractivity contribution in [2.24, 2.45) is 0 Å². The van der Waals surface area contributed by atoms with Gasteiger partial charge >= 0.3 is 0 Å². The van der Waals surface area contributed by atoms with E-state index in [2.05, 4.69) is 23.3 Å². The molecule has 0 bridgehead atoms. The van der Waals surface area contributed by atoms with Crippen molar-refractivity contribution in [3.8, 4) is 0 Å². The molecule has 3 heteroatoms. The molecule has 1 atom stereocenters. The van der Waals surface area contributed by atoms with Crippen molar-refractivity contribution >= 4 is 18.4 Å². The van der Waals surface area contributed by atoms with Crippen LogP contribution in [0, 0.1) is 0 Å². The van der Waals surface area contributed by atoms with E-state index in [4.69, 9.17) is 0 Å². The second-order valence-electron chi connectivity index (χ2n) is 2.78. The highest BCUT2D eigenvalue weighted by atomic mass is 14.9. The number of hydrogen-bond donors (Lipinski definition) is 1. The molecule has 2 nitrogen and oxygen atoms in total. The maximum Gasteiger partial charge on any atom is 0.186 e. The Bertz CT molecular complexity index is 224. The molecule has 0 saturated carbocycles. The molecule has 0 spiro atoms. The standard InChI is InChI=1S/C7H9BN2/c1-5-8-6-2-3-9-4-7(6)10-5/h2-5,8,10H,1H3. The highest BCUT2D eigenvalue weighted by Crippen LogP contribution is 2.08. The Morgan fingerprint density at radius 1 is 1.70 bits per heavy atom. The molecule has 0 aromatic carbocycles. The van der Waals surface area contributed by atoms with Crippen molar-refractivity contribution in [3.63, 3.8) is 0 Å². The zero-order chi connectivity index (χ0) is 6.97. The molecular formula is C7H9BN2. The molecule has 2 rings (SSSR count). The smallest absolute Gasteiger partial charge is 0.186 e. The third-order valence-electron chi connectivity index (χ3n) is 1.84. The van der Waals surface area contributed by atoms with E-state index < -0.39 is 0 Å². The number of nitrogens with one attached hydrogen (secondary N) is 1. The Hall–Kier alpha value is -0.985. The van der Waals surface area contributed by atoms with E-state index in [1.54, 1.807) is 0 Å². The van der Waals surface area contributed by atoms with Gasteiger partial charge in [0.15, 0.2) is 7.28 Å². The summed E-state index contributed by atoms with van der Waals surface area (Å²) in [4.78, 5) is 4.03. The summed E-state index contributed by atoms with van der Waals surface area (Å²) in [6.45, 7) is 2.18. The van der Waals surface area contributed by atoms with Gasteiger partial charge in [0, 0.05) is 24.0 Å². The van der Waals surface area contributed by atoms with Gasteiger partial charge in [-0.25, -0.2) is 0 Å².